The summed E-state index contributed by atoms with van der Waals surface area (Å²) < 4.78 is 10.7. The lowest BCUT2D eigenvalue weighted by atomic mass is 10.1. The maximum Gasteiger partial charge on any atom is 0.262 e. The fourth-order valence-electron chi connectivity index (χ4n) is 2.90. The second kappa shape index (κ2) is 8.42. The van der Waals surface area contributed by atoms with Gasteiger partial charge in [0.2, 0.25) is 0 Å². The molecule has 0 atom stereocenters. The molecule has 7 nitrogen and oxygen atoms in total. The topological polar surface area (TPSA) is 78.3 Å². The fraction of sp³-hybridized carbons (Fsp3) is 0.136. The lowest BCUT2D eigenvalue weighted by Gasteiger charge is -2.09. The van der Waals surface area contributed by atoms with Gasteiger partial charge in [0.1, 0.15) is 22.5 Å². The molecule has 1 amide bonds. The van der Waals surface area contributed by atoms with Gasteiger partial charge in [-0.3, -0.25) is 4.79 Å². The fourth-order valence-corrected chi connectivity index (χ4v) is 3.03. The Labute approximate surface area is 178 Å². The molecule has 0 aliphatic heterocycles. The van der Waals surface area contributed by atoms with Crippen molar-refractivity contribution < 1.29 is 14.3 Å². The van der Waals surface area contributed by atoms with Crippen LogP contribution in [0.3, 0.4) is 0 Å². The number of carbonyl (C=O) groups excluding carboxylic acids is 1. The number of aryl methyl sites for hydroxylation is 1. The summed E-state index contributed by atoms with van der Waals surface area (Å²) in [5, 5.41) is 12.5. The Morgan fingerprint density at radius 3 is 2.30 bits per heavy atom. The molecule has 0 spiro atoms. The summed E-state index contributed by atoms with van der Waals surface area (Å²) in [5.41, 5.74) is 3.76. The average molecular weight is 423 g/mol. The van der Waals surface area contributed by atoms with E-state index in [1.54, 1.807) is 42.2 Å². The summed E-state index contributed by atoms with van der Waals surface area (Å²) in [5.74, 6) is 1.07. The van der Waals surface area contributed by atoms with E-state index < -0.39 is 0 Å². The van der Waals surface area contributed by atoms with Gasteiger partial charge in [-0.1, -0.05) is 11.6 Å². The van der Waals surface area contributed by atoms with Gasteiger partial charge in [0.15, 0.2) is 6.61 Å². The number of fused-ring (bicyclic) bond motifs is 1. The lowest BCUT2D eigenvalue weighted by molar-refractivity contribution is -0.118. The van der Waals surface area contributed by atoms with Crippen molar-refractivity contribution in [2.45, 2.75) is 6.92 Å². The highest BCUT2D eigenvalue weighted by atomic mass is 35.5. The number of anilines is 1. The summed E-state index contributed by atoms with van der Waals surface area (Å²) >= 11 is 5.85. The number of nitrogens with zero attached hydrogens (tertiary/aromatic N) is 3. The molecule has 0 saturated heterocycles. The molecule has 4 aromatic rings. The first kappa shape index (κ1) is 19.7. The van der Waals surface area contributed by atoms with Crippen LogP contribution in [0.15, 0.2) is 60.7 Å². The number of amides is 1. The first-order chi connectivity index (χ1) is 14.5. The van der Waals surface area contributed by atoms with E-state index in [9.17, 15) is 4.79 Å². The van der Waals surface area contributed by atoms with Crippen LogP contribution < -0.4 is 14.8 Å². The number of nitrogens with one attached hydrogen (secondary N) is 1. The Morgan fingerprint density at radius 2 is 1.63 bits per heavy atom. The minimum Gasteiger partial charge on any atom is -0.497 e. The van der Waals surface area contributed by atoms with Gasteiger partial charge in [-0.05, 0) is 73.2 Å². The molecule has 0 aliphatic rings. The third-order valence-corrected chi connectivity index (χ3v) is 4.74. The Balaban J connectivity index is 1.49. The number of hydrogen-bond donors (Lipinski definition) is 1. The van der Waals surface area contributed by atoms with Gasteiger partial charge in [-0.25, -0.2) is 0 Å². The van der Waals surface area contributed by atoms with E-state index in [2.05, 4.69) is 15.5 Å². The normalized spacial score (nSPS) is 10.8. The summed E-state index contributed by atoms with van der Waals surface area (Å²) in [7, 11) is 1.62. The molecule has 0 radical (unpaired) electrons. The molecule has 1 heterocycles. The van der Waals surface area contributed by atoms with Crippen molar-refractivity contribution in [2.24, 2.45) is 0 Å². The van der Waals surface area contributed by atoms with Crippen LogP contribution in [0.5, 0.6) is 11.5 Å². The van der Waals surface area contributed by atoms with Crippen LogP contribution in [0.25, 0.3) is 16.7 Å². The number of hydrogen-bond acceptors (Lipinski definition) is 5. The molecule has 0 bridgehead atoms. The quantitative estimate of drug-likeness (QED) is 0.498. The van der Waals surface area contributed by atoms with Crippen molar-refractivity contribution in [1.29, 1.82) is 0 Å². The Hall–Kier alpha value is -3.58. The molecule has 1 N–H and O–H groups in total. The van der Waals surface area contributed by atoms with Gasteiger partial charge >= 0.3 is 0 Å². The minimum atomic E-state index is -0.269. The van der Waals surface area contributed by atoms with Crippen molar-refractivity contribution in [3.05, 3.63) is 71.2 Å². The van der Waals surface area contributed by atoms with Gasteiger partial charge in [-0.2, -0.15) is 4.80 Å². The maximum absolute atomic E-state index is 12.3. The van der Waals surface area contributed by atoms with E-state index in [0.29, 0.717) is 22.0 Å². The van der Waals surface area contributed by atoms with Crippen molar-refractivity contribution in [3.8, 4) is 17.2 Å². The largest absolute Gasteiger partial charge is 0.497 e. The van der Waals surface area contributed by atoms with Crippen LogP contribution in [0.4, 0.5) is 5.69 Å². The standard InChI is InChI=1S/C22H19ClN4O3/c1-14-11-20-21(26-27(25-20)16-5-9-17(29-2)10-6-16)12-19(14)24-22(28)13-30-18-7-3-15(23)4-8-18/h3-12H,13H2,1-2H3,(H,24,28). The highest BCUT2D eigenvalue weighted by molar-refractivity contribution is 6.30. The van der Waals surface area contributed by atoms with E-state index in [1.165, 1.54) is 0 Å². The van der Waals surface area contributed by atoms with E-state index >= 15 is 0 Å². The van der Waals surface area contributed by atoms with Gasteiger partial charge < -0.3 is 14.8 Å². The third-order valence-electron chi connectivity index (χ3n) is 4.49. The predicted octanol–water partition coefficient (Wildman–Crippen LogP) is 4.41. The van der Waals surface area contributed by atoms with E-state index in [0.717, 1.165) is 22.5 Å². The predicted molar refractivity (Wildman–Crippen MR) is 116 cm³/mol. The molecule has 1 aromatic heterocycles. The molecule has 4 rings (SSSR count). The number of halogens is 1. The lowest BCUT2D eigenvalue weighted by Crippen LogP contribution is -2.20. The minimum absolute atomic E-state index is 0.113. The molecular weight excluding hydrogens is 404 g/mol. The zero-order valence-corrected chi connectivity index (χ0v) is 17.2. The first-order valence-electron chi connectivity index (χ1n) is 9.22. The average Bonchev–Trinajstić information content (AvgIpc) is 3.16. The number of carbonyl (C=O) groups is 1. The summed E-state index contributed by atoms with van der Waals surface area (Å²) in [6, 6.07) is 18.0. The molecule has 8 heteroatoms. The third kappa shape index (κ3) is 4.36. The summed E-state index contributed by atoms with van der Waals surface area (Å²) in [6.45, 7) is 1.79. The van der Waals surface area contributed by atoms with Gasteiger partial charge in [0.05, 0.1) is 12.8 Å². The Morgan fingerprint density at radius 1 is 1.00 bits per heavy atom. The highest BCUT2D eigenvalue weighted by Crippen LogP contribution is 2.23. The molecule has 0 fully saturated rings. The molecular formula is C22H19ClN4O3. The molecule has 3 aromatic carbocycles. The maximum atomic E-state index is 12.3. The van der Waals surface area contributed by atoms with Crippen LogP contribution in [0.1, 0.15) is 5.56 Å². The summed E-state index contributed by atoms with van der Waals surface area (Å²) in [4.78, 5) is 13.9. The van der Waals surface area contributed by atoms with Gasteiger partial charge in [-0.15, -0.1) is 10.2 Å². The van der Waals surface area contributed by atoms with Crippen molar-refractivity contribution in [2.75, 3.05) is 19.0 Å². The van der Waals surface area contributed by atoms with Crippen LogP contribution >= 0.6 is 11.6 Å². The first-order valence-corrected chi connectivity index (χ1v) is 9.60. The van der Waals surface area contributed by atoms with Crippen molar-refractivity contribution >= 4 is 34.2 Å². The Kier molecular flexibility index (Phi) is 5.54. The summed E-state index contributed by atoms with van der Waals surface area (Å²) in [6.07, 6.45) is 0. The molecule has 30 heavy (non-hydrogen) atoms. The number of benzene rings is 3. The van der Waals surface area contributed by atoms with Crippen LogP contribution in [-0.4, -0.2) is 34.6 Å². The number of ether oxygens (including phenoxy) is 2. The number of methoxy groups -OCH3 is 1. The zero-order valence-electron chi connectivity index (χ0n) is 16.4. The number of rotatable bonds is 6. The van der Waals surface area contributed by atoms with E-state index in [4.69, 9.17) is 21.1 Å². The van der Waals surface area contributed by atoms with Gasteiger partial charge in [0, 0.05) is 10.7 Å². The smallest absolute Gasteiger partial charge is 0.262 e. The Bertz CT molecular complexity index is 1190. The van der Waals surface area contributed by atoms with Crippen molar-refractivity contribution in [3.63, 3.8) is 0 Å². The van der Waals surface area contributed by atoms with Gasteiger partial charge in [0.25, 0.3) is 5.91 Å². The SMILES string of the molecule is COc1ccc(-n2nc3cc(C)c(NC(=O)COc4ccc(Cl)cc4)cc3n2)cc1. The molecule has 0 saturated carbocycles. The molecule has 0 aliphatic carbocycles. The van der Waals surface area contributed by atoms with Crippen LogP contribution in [0, 0.1) is 6.92 Å². The second-order valence-corrected chi connectivity index (χ2v) is 7.07. The zero-order chi connectivity index (χ0) is 21.1. The highest BCUT2D eigenvalue weighted by Gasteiger charge is 2.11. The monoisotopic (exact) mass is 422 g/mol. The van der Waals surface area contributed by atoms with E-state index in [-0.39, 0.29) is 12.5 Å². The van der Waals surface area contributed by atoms with Crippen molar-refractivity contribution in [1.82, 2.24) is 15.0 Å². The van der Waals surface area contributed by atoms with E-state index in [1.807, 2.05) is 37.3 Å². The number of aromatic nitrogens is 3. The van der Waals surface area contributed by atoms with Crippen LogP contribution in [-0.2, 0) is 4.79 Å². The van der Waals surface area contributed by atoms with Crippen LogP contribution in [0.2, 0.25) is 5.02 Å². The molecule has 0 unspecified atom stereocenters. The molecule has 152 valence electrons. The second-order valence-electron chi connectivity index (χ2n) is 6.63.